The van der Waals surface area contributed by atoms with Crippen molar-refractivity contribution < 1.29 is 4.79 Å². The maximum atomic E-state index is 13.2. The van der Waals surface area contributed by atoms with Crippen LogP contribution in [0, 0.1) is 6.92 Å². The van der Waals surface area contributed by atoms with Crippen LogP contribution in [0.5, 0.6) is 0 Å². The number of rotatable bonds is 2. The zero-order chi connectivity index (χ0) is 17.4. The molecule has 0 aliphatic carbocycles. The highest BCUT2D eigenvalue weighted by molar-refractivity contribution is 5.98. The van der Waals surface area contributed by atoms with Gasteiger partial charge in [-0.3, -0.25) is 4.79 Å². The zero-order valence-corrected chi connectivity index (χ0v) is 14.0. The predicted molar refractivity (Wildman–Crippen MR) is 95.4 cm³/mol. The molecular formula is C19H19N5O. The third-order valence-electron chi connectivity index (χ3n) is 4.51. The highest BCUT2D eigenvalue weighted by atomic mass is 16.2. The van der Waals surface area contributed by atoms with E-state index >= 15 is 0 Å². The van der Waals surface area contributed by atoms with Crippen molar-refractivity contribution in [2.45, 2.75) is 19.9 Å². The van der Waals surface area contributed by atoms with Crippen LogP contribution >= 0.6 is 0 Å². The molecule has 6 heteroatoms. The van der Waals surface area contributed by atoms with Crippen LogP contribution in [0.3, 0.4) is 0 Å². The molecule has 0 atom stereocenters. The fraction of sp³-hybridized carbons (Fsp3) is 0.211. The zero-order valence-electron chi connectivity index (χ0n) is 14.0. The van der Waals surface area contributed by atoms with E-state index in [0.29, 0.717) is 30.9 Å². The Morgan fingerprint density at radius 1 is 1.16 bits per heavy atom. The van der Waals surface area contributed by atoms with E-state index in [0.717, 1.165) is 22.5 Å². The van der Waals surface area contributed by atoms with Gasteiger partial charge in [0, 0.05) is 31.9 Å². The highest BCUT2D eigenvalue weighted by Gasteiger charge is 2.25. The lowest BCUT2D eigenvalue weighted by Crippen LogP contribution is -2.37. The van der Waals surface area contributed by atoms with E-state index in [9.17, 15) is 4.79 Å². The van der Waals surface area contributed by atoms with Crippen molar-refractivity contribution in [1.29, 1.82) is 0 Å². The smallest absolute Gasteiger partial charge is 0.256 e. The predicted octanol–water partition coefficient (Wildman–Crippen LogP) is 2.36. The van der Waals surface area contributed by atoms with Crippen LogP contribution in [-0.4, -0.2) is 32.1 Å². The summed E-state index contributed by atoms with van der Waals surface area (Å²) in [6.07, 6.45) is 4.59. The molecule has 0 radical (unpaired) electrons. The summed E-state index contributed by atoms with van der Waals surface area (Å²) in [7, 11) is 0. The van der Waals surface area contributed by atoms with Gasteiger partial charge < -0.3 is 15.2 Å². The SMILES string of the molecule is Cc1ccc(-n2cccc2)c(C(=O)N2CCc3nnc(N)cc3C2)c1. The molecule has 1 amide bonds. The maximum Gasteiger partial charge on any atom is 0.256 e. The molecular weight excluding hydrogens is 314 g/mol. The first-order valence-corrected chi connectivity index (χ1v) is 8.26. The van der Waals surface area contributed by atoms with Gasteiger partial charge in [-0.05, 0) is 42.8 Å². The van der Waals surface area contributed by atoms with Gasteiger partial charge in [0.05, 0.1) is 16.9 Å². The first-order chi connectivity index (χ1) is 12.1. The number of aromatic nitrogens is 3. The monoisotopic (exact) mass is 333 g/mol. The Kier molecular flexibility index (Phi) is 3.72. The topological polar surface area (TPSA) is 77.0 Å². The van der Waals surface area contributed by atoms with E-state index in [-0.39, 0.29) is 5.91 Å². The van der Waals surface area contributed by atoms with E-state index in [4.69, 9.17) is 5.73 Å². The van der Waals surface area contributed by atoms with E-state index in [1.54, 1.807) is 0 Å². The minimum absolute atomic E-state index is 0.0217. The summed E-state index contributed by atoms with van der Waals surface area (Å²) < 4.78 is 1.97. The highest BCUT2D eigenvalue weighted by Crippen LogP contribution is 2.23. The quantitative estimate of drug-likeness (QED) is 0.781. The third kappa shape index (κ3) is 2.87. The summed E-state index contributed by atoms with van der Waals surface area (Å²) in [5.74, 6) is 0.407. The summed E-state index contributed by atoms with van der Waals surface area (Å²) in [5, 5.41) is 8.04. The molecule has 0 unspecified atom stereocenters. The average Bonchev–Trinajstić information content (AvgIpc) is 3.14. The Morgan fingerprint density at radius 3 is 2.76 bits per heavy atom. The summed E-state index contributed by atoms with van der Waals surface area (Å²) in [6, 6.07) is 11.7. The standard InChI is InChI=1S/C19H19N5O/c1-13-4-5-17(23-7-2-3-8-23)15(10-13)19(25)24-9-6-16-14(12-24)11-18(20)22-21-16/h2-5,7-8,10-11H,6,9,12H2,1H3,(H2,20,22). The van der Waals surface area contributed by atoms with Crippen molar-refractivity contribution in [3.05, 3.63) is 71.2 Å². The van der Waals surface area contributed by atoms with Crippen LogP contribution in [0.15, 0.2) is 48.8 Å². The van der Waals surface area contributed by atoms with Gasteiger partial charge >= 0.3 is 0 Å². The van der Waals surface area contributed by atoms with Crippen LogP contribution in [0.25, 0.3) is 5.69 Å². The van der Waals surface area contributed by atoms with Crippen molar-refractivity contribution >= 4 is 11.7 Å². The van der Waals surface area contributed by atoms with Crippen molar-refractivity contribution in [3.8, 4) is 5.69 Å². The number of carbonyl (C=O) groups excluding carboxylic acids is 1. The summed E-state index contributed by atoms with van der Waals surface area (Å²) in [6.45, 7) is 3.13. The second-order valence-corrected chi connectivity index (χ2v) is 6.33. The van der Waals surface area contributed by atoms with Gasteiger partial charge in [0.1, 0.15) is 5.82 Å². The molecule has 0 saturated carbocycles. The Bertz CT molecular complexity index is 933. The number of fused-ring (bicyclic) bond motifs is 1. The molecule has 1 aromatic carbocycles. The number of hydrogen-bond donors (Lipinski definition) is 1. The number of hydrogen-bond acceptors (Lipinski definition) is 4. The van der Waals surface area contributed by atoms with Crippen molar-refractivity contribution in [2.24, 2.45) is 0 Å². The molecule has 3 aromatic rings. The molecule has 1 aliphatic rings. The van der Waals surface area contributed by atoms with E-state index in [1.807, 2.05) is 65.2 Å². The van der Waals surface area contributed by atoms with Gasteiger partial charge in [0.25, 0.3) is 5.91 Å². The van der Waals surface area contributed by atoms with Gasteiger partial charge in [-0.15, -0.1) is 5.10 Å². The Balaban J connectivity index is 1.69. The number of nitrogens with two attached hydrogens (primary N) is 1. The Labute approximate surface area is 145 Å². The number of carbonyl (C=O) groups is 1. The maximum absolute atomic E-state index is 13.2. The van der Waals surface area contributed by atoms with Crippen LogP contribution in [-0.2, 0) is 13.0 Å². The van der Waals surface area contributed by atoms with Crippen molar-refractivity contribution in [3.63, 3.8) is 0 Å². The van der Waals surface area contributed by atoms with Crippen LogP contribution in [0.4, 0.5) is 5.82 Å². The number of nitrogens with zero attached hydrogens (tertiary/aromatic N) is 4. The molecule has 126 valence electrons. The molecule has 6 nitrogen and oxygen atoms in total. The fourth-order valence-electron chi connectivity index (χ4n) is 3.23. The summed E-state index contributed by atoms with van der Waals surface area (Å²) in [4.78, 5) is 15.1. The molecule has 0 spiro atoms. The second-order valence-electron chi connectivity index (χ2n) is 6.33. The third-order valence-corrected chi connectivity index (χ3v) is 4.51. The summed E-state index contributed by atoms with van der Waals surface area (Å²) in [5.41, 5.74) is 10.3. The molecule has 4 rings (SSSR count). The Hall–Kier alpha value is -3.15. The molecule has 0 fully saturated rings. The lowest BCUT2D eigenvalue weighted by atomic mass is 10.0. The van der Waals surface area contributed by atoms with Crippen molar-refractivity contribution in [2.75, 3.05) is 12.3 Å². The number of benzene rings is 1. The van der Waals surface area contributed by atoms with E-state index in [1.165, 1.54) is 0 Å². The van der Waals surface area contributed by atoms with Crippen LogP contribution in [0.1, 0.15) is 27.2 Å². The Morgan fingerprint density at radius 2 is 1.96 bits per heavy atom. The number of aryl methyl sites for hydroxylation is 1. The normalized spacial score (nSPS) is 13.6. The molecule has 3 heterocycles. The minimum atomic E-state index is 0.0217. The molecule has 1 aliphatic heterocycles. The van der Waals surface area contributed by atoms with E-state index < -0.39 is 0 Å². The largest absolute Gasteiger partial charge is 0.382 e. The first kappa shape index (κ1) is 15.4. The molecule has 25 heavy (non-hydrogen) atoms. The number of anilines is 1. The molecule has 2 N–H and O–H groups in total. The first-order valence-electron chi connectivity index (χ1n) is 8.26. The van der Waals surface area contributed by atoms with Crippen molar-refractivity contribution in [1.82, 2.24) is 19.7 Å². The fourth-order valence-corrected chi connectivity index (χ4v) is 3.23. The van der Waals surface area contributed by atoms with Gasteiger partial charge in [-0.25, -0.2) is 0 Å². The van der Waals surface area contributed by atoms with Crippen LogP contribution < -0.4 is 5.73 Å². The van der Waals surface area contributed by atoms with E-state index in [2.05, 4.69) is 10.2 Å². The molecule has 0 saturated heterocycles. The van der Waals surface area contributed by atoms with Gasteiger partial charge in [-0.1, -0.05) is 11.6 Å². The van der Waals surface area contributed by atoms with Gasteiger partial charge in [0.15, 0.2) is 0 Å². The second kappa shape index (κ2) is 6.05. The minimum Gasteiger partial charge on any atom is -0.382 e. The molecule has 2 aromatic heterocycles. The lowest BCUT2D eigenvalue weighted by molar-refractivity contribution is 0.0733. The van der Waals surface area contributed by atoms with Gasteiger partial charge in [0.2, 0.25) is 0 Å². The van der Waals surface area contributed by atoms with Crippen LogP contribution in [0.2, 0.25) is 0 Å². The average molecular weight is 333 g/mol. The van der Waals surface area contributed by atoms with Gasteiger partial charge in [-0.2, -0.15) is 5.10 Å². The summed E-state index contributed by atoms with van der Waals surface area (Å²) >= 11 is 0. The lowest BCUT2D eigenvalue weighted by Gasteiger charge is -2.29. The molecule has 0 bridgehead atoms. The number of amides is 1. The number of nitrogen functional groups attached to an aromatic ring is 1.